The van der Waals surface area contributed by atoms with Gasteiger partial charge in [0.15, 0.2) is 0 Å². The lowest BCUT2D eigenvalue weighted by atomic mass is 9.92. The van der Waals surface area contributed by atoms with E-state index in [1.165, 1.54) is 0 Å². The summed E-state index contributed by atoms with van der Waals surface area (Å²) in [5.74, 6) is 0.320. The third-order valence-electron chi connectivity index (χ3n) is 2.77. The number of nitrogens with zero attached hydrogens (tertiary/aromatic N) is 1. The van der Waals surface area contributed by atoms with E-state index >= 15 is 0 Å². The fourth-order valence-electron chi connectivity index (χ4n) is 1.71. The molecule has 0 aromatic carbocycles. The van der Waals surface area contributed by atoms with Gasteiger partial charge in [0, 0.05) is 19.5 Å². The second-order valence-electron chi connectivity index (χ2n) is 5.65. The summed E-state index contributed by atoms with van der Waals surface area (Å²) in [5, 5.41) is 0. The van der Waals surface area contributed by atoms with Crippen LogP contribution >= 0.6 is 0 Å². The summed E-state index contributed by atoms with van der Waals surface area (Å²) in [6.07, 6.45) is 2.32. The lowest BCUT2D eigenvalue weighted by Gasteiger charge is -2.38. The molecule has 1 rings (SSSR count). The number of rotatable bonds is 4. The van der Waals surface area contributed by atoms with Gasteiger partial charge in [-0.3, -0.25) is 4.79 Å². The van der Waals surface area contributed by atoms with E-state index in [4.69, 9.17) is 4.74 Å². The van der Waals surface area contributed by atoms with Crippen LogP contribution in [0.5, 0.6) is 0 Å². The third-order valence-corrected chi connectivity index (χ3v) is 2.77. The molecule has 0 aromatic rings. The summed E-state index contributed by atoms with van der Waals surface area (Å²) in [7, 11) is 0. The molecule has 4 nitrogen and oxygen atoms in total. The molecule has 0 atom stereocenters. The van der Waals surface area contributed by atoms with Crippen LogP contribution in [0.4, 0.5) is 4.79 Å². The van der Waals surface area contributed by atoms with E-state index < -0.39 is 5.60 Å². The fraction of sp³-hybridized carbons (Fsp3) is 0.846. The van der Waals surface area contributed by atoms with Gasteiger partial charge in [0.1, 0.15) is 11.4 Å². The number of ether oxygens (including phenoxy) is 1. The first-order valence-electron chi connectivity index (χ1n) is 6.34. The van der Waals surface area contributed by atoms with Gasteiger partial charge in [0.25, 0.3) is 0 Å². The fourth-order valence-corrected chi connectivity index (χ4v) is 1.71. The number of likely N-dealkylation sites (tertiary alicyclic amines) is 1. The Kier molecular flexibility index (Phi) is 4.54. The van der Waals surface area contributed by atoms with Gasteiger partial charge in [-0.1, -0.05) is 13.3 Å². The molecule has 1 aliphatic rings. The van der Waals surface area contributed by atoms with Gasteiger partial charge in [-0.15, -0.1) is 0 Å². The zero-order chi connectivity index (χ0) is 13.1. The van der Waals surface area contributed by atoms with Crippen LogP contribution in [0.15, 0.2) is 0 Å². The molecule has 1 heterocycles. The lowest BCUT2D eigenvalue weighted by Crippen LogP contribution is -2.54. The normalized spacial score (nSPS) is 16.6. The molecule has 1 fully saturated rings. The molecule has 0 radical (unpaired) electrons. The zero-order valence-corrected chi connectivity index (χ0v) is 11.3. The maximum absolute atomic E-state index is 11.7. The first kappa shape index (κ1) is 14.0. The summed E-state index contributed by atoms with van der Waals surface area (Å²) in [6, 6.07) is 0. The second-order valence-corrected chi connectivity index (χ2v) is 5.65. The number of ketones is 1. The maximum Gasteiger partial charge on any atom is 0.410 e. The molecule has 0 N–H and O–H groups in total. The van der Waals surface area contributed by atoms with Crippen molar-refractivity contribution in [3.05, 3.63) is 0 Å². The Morgan fingerprint density at radius 3 is 2.35 bits per heavy atom. The molecular formula is C13H23NO3. The topological polar surface area (TPSA) is 46.6 Å². The first-order chi connectivity index (χ1) is 7.83. The monoisotopic (exact) mass is 241 g/mol. The molecule has 1 amide bonds. The van der Waals surface area contributed by atoms with Crippen molar-refractivity contribution in [2.45, 2.75) is 52.6 Å². The molecule has 0 bridgehead atoms. The van der Waals surface area contributed by atoms with E-state index in [0.717, 1.165) is 12.8 Å². The summed E-state index contributed by atoms with van der Waals surface area (Å²) in [6.45, 7) is 8.65. The van der Waals surface area contributed by atoms with Crippen molar-refractivity contribution in [2.75, 3.05) is 13.1 Å². The SMILES string of the molecule is CCCCC(=O)C1CN(C(=O)OC(C)(C)C)C1. The predicted molar refractivity (Wildman–Crippen MR) is 65.8 cm³/mol. The van der Waals surface area contributed by atoms with E-state index in [0.29, 0.717) is 19.5 Å². The van der Waals surface area contributed by atoms with Gasteiger partial charge < -0.3 is 9.64 Å². The first-order valence-corrected chi connectivity index (χ1v) is 6.34. The van der Waals surface area contributed by atoms with Crippen molar-refractivity contribution in [1.29, 1.82) is 0 Å². The van der Waals surface area contributed by atoms with E-state index in [2.05, 4.69) is 6.92 Å². The largest absolute Gasteiger partial charge is 0.444 e. The van der Waals surface area contributed by atoms with Gasteiger partial charge >= 0.3 is 6.09 Å². The van der Waals surface area contributed by atoms with Crippen LogP contribution < -0.4 is 0 Å². The van der Waals surface area contributed by atoms with Crippen LogP contribution in [-0.4, -0.2) is 35.5 Å². The number of hydrogen-bond acceptors (Lipinski definition) is 3. The minimum Gasteiger partial charge on any atom is -0.444 e. The molecule has 17 heavy (non-hydrogen) atoms. The van der Waals surface area contributed by atoms with Crippen molar-refractivity contribution in [2.24, 2.45) is 5.92 Å². The van der Waals surface area contributed by atoms with Crippen LogP contribution in [0.1, 0.15) is 47.0 Å². The molecule has 0 aliphatic carbocycles. The van der Waals surface area contributed by atoms with Crippen molar-refractivity contribution < 1.29 is 14.3 Å². The number of unbranched alkanes of at least 4 members (excludes halogenated alkanes) is 1. The standard InChI is InChI=1S/C13H23NO3/c1-5-6-7-11(15)10-8-14(9-10)12(16)17-13(2,3)4/h10H,5-9H2,1-4H3. The van der Waals surface area contributed by atoms with Crippen LogP contribution in [0.3, 0.4) is 0 Å². The summed E-state index contributed by atoms with van der Waals surface area (Å²) in [4.78, 5) is 24.9. The molecule has 1 aliphatic heterocycles. The van der Waals surface area contributed by atoms with Crippen LogP contribution in [-0.2, 0) is 9.53 Å². The molecule has 0 saturated carbocycles. The third kappa shape index (κ3) is 4.36. The quantitative estimate of drug-likeness (QED) is 0.760. The van der Waals surface area contributed by atoms with Gasteiger partial charge in [0.05, 0.1) is 5.92 Å². The van der Waals surface area contributed by atoms with Gasteiger partial charge in [-0.05, 0) is 27.2 Å². The molecule has 98 valence electrons. The smallest absolute Gasteiger partial charge is 0.410 e. The highest BCUT2D eigenvalue weighted by atomic mass is 16.6. The summed E-state index contributed by atoms with van der Waals surface area (Å²) >= 11 is 0. The highest BCUT2D eigenvalue weighted by molar-refractivity contribution is 5.84. The molecular weight excluding hydrogens is 218 g/mol. The average Bonchev–Trinajstić information content (AvgIpc) is 2.09. The van der Waals surface area contributed by atoms with E-state index in [1.54, 1.807) is 4.90 Å². The average molecular weight is 241 g/mol. The molecule has 0 unspecified atom stereocenters. The van der Waals surface area contributed by atoms with E-state index in [1.807, 2.05) is 20.8 Å². The maximum atomic E-state index is 11.7. The number of carbonyl (C=O) groups excluding carboxylic acids is 2. The van der Waals surface area contributed by atoms with Gasteiger partial charge in [0.2, 0.25) is 0 Å². The Morgan fingerprint density at radius 1 is 1.29 bits per heavy atom. The second kappa shape index (κ2) is 5.52. The Bertz CT molecular complexity index is 288. The van der Waals surface area contributed by atoms with Crippen LogP contribution in [0, 0.1) is 5.92 Å². The van der Waals surface area contributed by atoms with Crippen molar-refractivity contribution in [1.82, 2.24) is 4.90 Å². The Labute approximate surface area is 103 Å². The Morgan fingerprint density at radius 2 is 1.88 bits per heavy atom. The van der Waals surface area contributed by atoms with Gasteiger partial charge in [-0.2, -0.15) is 0 Å². The number of hydrogen-bond donors (Lipinski definition) is 0. The zero-order valence-electron chi connectivity index (χ0n) is 11.3. The lowest BCUT2D eigenvalue weighted by molar-refractivity contribution is -0.127. The highest BCUT2D eigenvalue weighted by Crippen LogP contribution is 2.21. The minimum atomic E-state index is -0.464. The molecule has 0 spiro atoms. The van der Waals surface area contributed by atoms with Crippen LogP contribution in [0.25, 0.3) is 0 Å². The van der Waals surface area contributed by atoms with E-state index in [9.17, 15) is 9.59 Å². The Balaban J connectivity index is 2.27. The molecule has 1 saturated heterocycles. The number of carbonyl (C=O) groups is 2. The highest BCUT2D eigenvalue weighted by Gasteiger charge is 2.37. The number of amides is 1. The predicted octanol–water partition coefficient (Wildman–Crippen LogP) is 2.61. The van der Waals surface area contributed by atoms with Crippen molar-refractivity contribution in [3.63, 3.8) is 0 Å². The van der Waals surface area contributed by atoms with Crippen LogP contribution in [0.2, 0.25) is 0 Å². The molecule has 0 aromatic heterocycles. The summed E-state index contributed by atoms with van der Waals surface area (Å²) < 4.78 is 5.23. The van der Waals surface area contributed by atoms with Crippen molar-refractivity contribution >= 4 is 11.9 Å². The van der Waals surface area contributed by atoms with Crippen molar-refractivity contribution in [3.8, 4) is 0 Å². The summed E-state index contributed by atoms with van der Waals surface area (Å²) in [5.41, 5.74) is -0.464. The minimum absolute atomic E-state index is 0.0362. The Hall–Kier alpha value is -1.06. The van der Waals surface area contributed by atoms with E-state index in [-0.39, 0.29) is 17.8 Å². The van der Waals surface area contributed by atoms with Gasteiger partial charge in [-0.25, -0.2) is 4.79 Å². The number of Topliss-reactive ketones (excluding diaryl/α,β-unsaturated/α-hetero) is 1. The molecule has 4 heteroatoms.